The van der Waals surface area contributed by atoms with E-state index in [4.69, 9.17) is 4.74 Å². The molecule has 1 heterocycles. The maximum atomic E-state index is 11.4. The highest BCUT2D eigenvalue weighted by atomic mass is 16.5. The maximum Gasteiger partial charge on any atom is 0.339 e. The molecule has 110 valence electrons. The molecule has 0 unspecified atom stereocenters. The molecule has 0 radical (unpaired) electrons. The van der Waals surface area contributed by atoms with Crippen LogP contribution in [0, 0.1) is 0 Å². The summed E-state index contributed by atoms with van der Waals surface area (Å²) in [5.41, 5.74) is 2.25. The third-order valence-corrected chi connectivity index (χ3v) is 3.53. The summed E-state index contributed by atoms with van der Waals surface area (Å²) in [5.74, 6) is 0.450. The molecule has 0 saturated carbocycles. The monoisotopic (exact) mass is 293 g/mol. The van der Waals surface area contributed by atoms with E-state index in [1.54, 1.807) is 13.2 Å². The lowest BCUT2D eigenvalue weighted by molar-refractivity contribution is 0.0600. The van der Waals surface area contributed by atoms with Gasteiger partial charge in [0, 0.05) is 11.8 Å². The van der Waals surface area contributed by atoms with E-state index < -0.39 is 0 Å². The van der Waals surface area contributed by atoms with E-state index in [2.05, 4.69) is 15.8 Å². The van der Waals surface area contributed by atoms with Gasteiger partial charge in [-0.2, -0.15) is 0 Å². The van der Waals surface area contributed by atoms with E-state index in [1.165, 1.54) is 13.3 Å². The molecule has 2 aromatic carbocycles. The van der Waals surface area contributed by atoms with Gasteiger partial charge in [-0.3, -0.25) is 4.98 Å². The SMILES string of the molecule is COC(=O)c1ccc(-c2ccc3cc(OC)ccc3c2)nc1. The van der Waals surface area contributed by atoms with Crippen molar-refractivity contribution in [1.82, 2.24) is 4.98 Å². The van der Waals surface area contributed by atoms with Crippen LogP contribution in [-0.4, -0.2) is 25.2 Å². The molecule has 0 spiro atoms. The predicted octanol–water partition coefficient (Wildman–Crippen LogP) is 3.70. The molecule has 4 heteroatoms. The largest absolute Gasteiger partial charge is 0.497 e. The number of carbonyl (C=O) groups excluding carboxylic acids is 1. The summed E-state index contributed by atoms with van der Waals surface area (Å²) in [6.45, 7) is 0. The molecule has 4 nitrogen and oxygen atoms in total. The molecule has 0 aliphatic rings. The topological polar surface area (TPSA) is 48.4 Å². The predicted molar refractivity (Wildman–Crippen MR) is 85.1 cm³/mol. The summed E-state index contributed by atoms with van der Waals surface area (Å²) < 4.78 is 9.90. The van der Waals surface area contributed by atoms with Crippen molar-refractivity contribution in [3.05, 3.63) is 60.3 Å². The van der Waals surface area contributed by atoms with Gasteiger partial charge in [-0.1, -0.05) is 18.2 Å². The summed E-state index contributed by atoms with van der Waals surface area (Å²) in [6.07, 6.45) is 1.53. The standard InChI is InChI=1S/C18H15NO3/c1-21-16-7-5-12-9-14(4-3-13(12)10-16)17-8-6-15(11-19-17)18(20)22-2/h3-11H,1-2H3. The van der Waals surface area contributed by atoms with Crippen LogP contribution in [-0.2, 0) is 4.74 Å². The molecular formula is C18H15NO3. The Bertz CT molecular complexity index is 825. The highest BCUT2D eigenvalue weighted by molar-refractivity contribution is 5.90. The second kappa shape index (κ2) is 5.85. The highest BCUT2D eigenvalue weighted by Gasteiger charge is 2.07. The number of rotatable bonds is 3. The van der Waals surface area contributed by atoms with Gasteiger partial charge in [-0.25, -0.2) is 4.79 Å². The first kappa shape index (κ1) is 14.1. The highest BCUT2D eigenvalue weighted by Crippen LogP contribution is 2.26. The van der Waals surface area contributed by atoms with E-state index in [-0.39, 0.29) is 5.97 Å². The number of hydrogen-bond acceptors (Lipinski definition) is 4. The first-order valence-electron chi connectivity index (χ1n) is 6.84. The number of carbonyl (C=O) groups is 1. The van der Waals surface area contributed by atoms with Crippen LogP contribution < -0.4 is 4.74 Å². The number of aromatic nitrogens is 1. The van der Waals surface area contributed by atoms with Crippen LogP contribution >= 0.6 is 0 Å². The van der Waals surface area contributed by atoms with E-state index in [1.807, 2.05) is 36.4 Å². The number of fused-ring (bicyclic) bond motifs is 1. The molecule has 0 fully saturated rings. The zero-order valence-electron chi connectivity index (χ0n) is 12.4. The molecule has 0 amide bonds. The first-order valence-corrected chi connectivity index (χ1v) is 6.84. The lowest BCUT2D eigenvalue weighted by Crippen LogP contribution is -2.01. The molecule has 3 rings (SSSR count). The quantitative estimate of drug-likeness (QED) is 0.691. The van der Waals surface area contributed by atoms with Gasteiger partial charge in [0.05, 0.1) is 25.5 Å². The van der Waals surface area contributed by atoms with Crippen LogP contribution in [0.5, 0.6) is 5.75 Å². The average Bonchev–Trinajstić information content (AvgIpc) is 2.60. The van der Waals surface area contributed by atoms with Crippen LogP contribution in [0.1, 0.15) is 10.4 Å². The Morgan fingerprint density at radius 3 is 2.41 bits per heavy atom. The summed E-state index contributed by atoms with van der Waals surface area (Å²) in [6, 6.07) is 15.6. The third kappa shape index (κ3) is 2.63. The van der Waals surface area contributed by atoms with Gasteiger partial charge >= 0.3 is 5.97 Å². The number of nitrogens with zero attached hydrogens (tertiary/aromatic N) is 1. The zero-order chi connectivity index (χ0) is 15.5. The summed E-state index contributed by atoms with van der Waals surface area (Å²) in [4.78, 5) is 15.8. The van der Waals surface area contributed by atoms with Gasteiger partial charge in [0.15, 0.2) is 0 Å². The van der Waals surface area contributed by atoms with Crippen molar-refractivity contribution in [3.63, 3.8) is 0 Å². The number of methoxy groups -OCH3 is 2. The minimum absolute atomic E-state index is 0.385. The molecule has 0 saturated heterocycles. The fraction of sp³-hybridized carbons (Fsp3) is 0.111. The van der Waals surface area contributed by atoms with Crippen molar-refractivity contribution < 1.29 is 14.3 Å². The molecule has 0 bridgehead atoms. The van der Waals surface area contributed by atoms with Gasteiger partial charge in [-0.15, -0.1) is 0 Å². The fourth-order valence-electron chi connectivity index (χ4n) is 2.31. The van der Waals surface area contributed by atoms with Crippen molar-refractivity contribution in [3.8, 4) is 17.0 Å². The number of pyridine rings is 1. The lowest BCUT2D eigenvalue weighted by atomic mass is 10.0. The van der Waals surface area contributed by atoms with Gasteiger partial charge in [-0.05, 0) is 41.1 Å². The minimum atomic E-state index is -0.385. The average molecular weight is 293 g/mol. The molecule has 3 aromatic rings. The first-order chi connectivity index (χ1) is 10.7. The maximum absolute atomic E-state index is 11.4. The van der Waals surface area contributed by atoms with E-state index in [0.717, 1.165) is 27.8 Å². The van der Waals surface area contributed by atoms with Gasteiger partial charge in [0.1, 0.15) is 5.75 Å². The molecule has 0 N–H and O–H groups in total. The zero-order valence-corrected chi connectivity index (χ0v) is 12.4. The van der Waals surface area contributed by atoms with Crippen molar-refractivity contribution in [2.75, 3.05) is 14.2 Å². The van der Waals surface area contributed by atoms with E-state index in [9.17, 15) is 4.79 Å². The Kier molecular flexibility index (Phi) is 3.74. The van der Waals surface area contributed by atoms with Crippen LogP contribution in [0.3, 0.4) is 0 Å². The normalized spacial score (nSPS) is 10.5. The number of hydrogen-bond donors (Lipinski definition) is 0. The number of esters is 1. The Morgan fingerprint density at radius 1 is 0.955 bits per heavy atom. The number of ether oxygens (including phenoxy) is 2. The van der Waals surface area contributed by atoms with Crippen LogP contribution in [0.4, 0.5) is 0 Å². The summed E-state index contributed by atoms with van der Waals surface area (Å²) in [7, 11) is 3.01. The van der Waals surface area contributed by atoms with Crippen LogP contribution in [0.15, 0.2) is 54.7 Å². The van der Waals surface area contributed by atoms with Gasteiger partial charge in [0.2, 0.25) is 0 Å². The van der Waals surface area contributed by atoms with E-state index in [0.29, 0.717) is 5.56 Å². The van der Waals surface area contributed by atoms with Crippen LogP contribution in [0.25, 0.3) is 22.0 Å². The summed E-state index contributed by atoms with van der Waals surface area (Å²) in [5, 5.41) is 2.21. The van der Waals surface area contributed by atoms with Gasteiger partial charge in [0.25, 0.3) is 0 Å². The molecule has 0 atom stereocenters. The van der Waals surface area contributed by atoms with E-state index >= 15 is 0 Å². The molecule has 1 aromatic heterocycles. The smallest absolute Gasteiger partial charge is 0.339 e. The third-order valence-electron chi connectivity index (χ3n) is 3.53. The Morgan fingerprint density at radius 2 is 1.73 bits per heavy atom. The second-order valence-electron chi connectivity index (χ2n) is 4.85. The van der Waals surface area contributed by atoms with Crippen molar-refractivity contribution >= 4 is 16.7 Å². The van der Waals surface area contributed by atoms with Crippen molar-refractivity contribution in [1.29, 1.82) is 0 Å². The number of benzene rings is 2. The lowest BCUT2D eigenvalue weighted by Gasteiger charge is -2.06. The van der Waals surface area contributed by atoms with Crippen molar-refractivity contribution in [2.45, 2.75) is 0 Å². The Labute approximate surface area is 128 Å². The fourth-order valence-corrected chi connectivity index (χ4v) is 2.31. The van der Waals surface area contributed by atoms with Crippen LogP contribution in [0.2, 0.25) is 0 Å². The Balaban J connectivity index is 1.97. The molecular weight excluding hydrogens is 278 g/mol. The van der Waals surface area contributed by atoms with Gasteiger partial charge < -0.3 is 9.47 Å². The second-order valence-corrected chi connectivity index (χ2v) is 4.85. The Hall–Kier alpha value is -2.88. The molecule has 22 heavy (non-hydrogen) atoms. The molecule has 0 aliphatic heterocycles. The van der Waals surface area contributed by atoms with Crippen molar-refractivity contribution in [2.24, 2.45) is 0 Å². The minimum Gasteiger partial charge on any atom is -0.497 e. The summed E-state index contributed by atoms with van der Waals surface area (Å²) >= 11 is 0. The molecule has 0 aliphatic carbocycles.